The highest BCUT2D eigenvalue weighted by Crippen LogP contribution is 2.14. The molecule has 0 aromatic carbocycles. The largest absolute Gasteiger partial charge is 0.325 e. The van der Waals surface area contributed by atoms with Crippen molar-refractivity contribution in [2.45, 2.75) is 26.3 Å². The van der Waals surface area contributed by atoms with Crippen molar-refractivity contribution >= 4 is 5.91 Å². The zero-order chi connectivity index (χ0) is 11.4. The van der Waals surface area contributed by atoms with E-state index in [1.165, 1.54) is 0 Å². The Kier molecular flexibility index (Phi) is 4.54. The first-order valence-electron chi connectivity index (χ1n) is 5.65. The number of hydrogen-bond acceptors (Lipinski definition) is 3. The van der Waals surface area contributed by atoms with Crippen LogP contribution in [-0.4, -0.2) is 55.6 Å². The van der Waals surface area contributed by atoms with Gasteiger partial charge in [-0.1, -0.05) is 13.8 Å². The van der Waals surface area contributed by atoms with Crippen LogP contribution in [0.15, 0.2) is 0 Å². The van der Waals surface area contributed by atoms with Gasteiger partial charge in [0.15, 0.2) is 0 Å². The summed E-state index contributed by atoms with van der Waals surface area (Å²) in [6.45, 7) is 6.57. The lowest BCUT2D eigenvalue weighted by Gasteiger charge is -2.30. The molecule has 4 nitrogen and oxygen atoms in total. The van der Waals surface area contributed by atoms with E-state index in [1.54, 1.807) is 0 Å². The van der Waals surface area contributed by atoms with Crippen molar-refractivity contribution in [1.29, 1.82) is 0 Å². The predicted octanol–water partition coefficient (Wildman–Crippen LogP) is 0.352. The zero-order valence-corrected chi connectivity index (χ0v) is 10.3. The molecule has 1 rings (SSSR count). The Balaban J connectivity index is 2.57. The Morgan fingerprint density at radius 2 is 2.13 bits per heavy atom. The summed E-state index contributed by atoms with van der Waals surface area (Å²) in [6.07, 6.45) is 1.08. The van der Waals surface area contributed by atoms with E-state index in [1.807, 2.05) is 4.90 Å². The summed E-state index contributed by atoms with van der Waals surface area (Å²) in [4.78, 5) is 15.7. The van der Waals surface area contributed by atoms with Crippen molar-refractivity contribution in [1.82, 2.24) is 15.1 Å². The predicted molar refractivity (Wildman–Crippen MR) is 61.5 cm³/mol. The smallest absolute Gasteiger partial charge is 0.237 e. The lowest BCUT2D eigenvalue weighted by molar-refractivity contribution is -0.129. The van der Waals surface area contributed by atoms with E-state index in [4.69, 9.17) is 0 Å². The minimum atomic E-state index is 0.238. The van der Waals surface area contributed by atoms with Crippen LogP contribution in [0.4, 0.5) is 0 Å². The van der Waals surface area contributed by atoms with Gasteiger partial charge in [-0.25, -0.2) is 0 Å². The highest BCUT2D eigenvalue weighted by Gasteiger charge is 2.28. The maximum atomic E-state index is 11.6. The molecule has 1 aliphatic heterocycles. The number of rotatable bonds is 5. The molecular weight excluding hydrogens is 190 g/mol. The van der Waals surface area contributed by atoms with Gasteiger partial charge in [-0.15, -0.1) is 0 Å². The van der Waals surface area contributed by atoms with E-state index in [2.05, 4.69) is 38.2 Å². The summed E-state index contributed by atoms with van der Waals surface area (Å²) < 4.78 is 0. The van der Waals surface area contributed by atoms with Gasteiger partial charge < -0.3 is 9.80 Å². The molecule has 1 fully saturated rings. The molecule has 0 aliphatic carbocycles. The van der Waals surface area contributed by atoms with Gasteiger partial charge in [-0.3, -0.25) is 10.1 Å². The summed E-state index contributed by atoms with van der Waals surface area (Å²) in [6, 6.07) is 0.350. The number of hydrogen-bond donors (Lipinski definition) is 1. The lowest BCUT2D eigenvalue weighted by atomic mass is 10.0. The van der Waals surface area contributed by atoms with Crippen LogP contribution in [0, 0.1) is 5.92 Å². The van der Waals surface area contributed by atoms with Crippen LogP contribution in [0.3, 0.4) is 0 Å². The Morgan fingerprint density at radius 1 is 1.47 bits per heavy atom. The van der Waals surface area contributed by atoms with Crippen molar-refractivity contribution in [2.75, 3.05) is 33.9 Å². The second-order valence-electron chi connectivity index (χ2n) is 4.99. The van der Waals surface area contributed by atoms with Crippen LogP contribution >= 0.6 is 0 Å². The number of likely N-dealkylation sites (N-methyl/N-ethyl adjacent to an activating group) is 1. The molecule has 1 N–H and O–H groups in total. The van der Waals surface area contributed by atoms with Crippen LogP contribution in [0.2, 0.25) is 0 Å². The summed E-state index contributed by atoms with van der Waals surface area (Å²) >= 11 is 0. The van der Waals surface area contributed by atoms with Crippen LogP contribution in [-0.2, 0) is 4.79 Å². The summed E-state index contributed by atoms with van der Waals surface area (Å²) in [5.41, 5.74) is 0. The molecule has 1 atom stereocenters. The normalized spacial score (nSPS) is 19.3. The standard InChI is InChI=1S/C11H23N3O/c1-9(2)5-10(7-13(3)4)14-8-12-6-11(14)15/h9-10,12H,5-8H2,1-4H3. The van der Waals surface area contributed by atoms with E-state index in [0.717, 1.165) is 13.0 Å². The van der Waals surface area contributed by atoms with Crippen molar-refractivity contribution in [3.05, 3.63) is 0 Å². The van der Waals surface area contributed by atoms with Gasteiger partial charge >= 0.3 is 0 Å². The van der Waals surface area contributed by atoms with E-state index < -0.39 is 0 Å². The third-order valence-electron chi connectivity index (χ3n) is 2.64. The second kappa shape index (κ2) is 5.47. The molecule has 1 amide bonds. The fourth-order valence-electron chi connectivity index (χ4n) is 2.07. The first-order chi connectivity index (χ1) is 7.00. The fourth-order valence-corrected chi connectivity index (χ4v) is 2.07. The molecule has 0 aromatic rings. The minimum Gasteiger partial charge on any atom is -0.325 e. The van der Waals surface area contributed by atoms with E-state index >= 15 is 0 Å². The maximum Gasteiger partial charge on any atom is 0.237 e. The van der Waals surface area contributed by atoms with Gasteiger partial charge in [0.2, 0.25) is 5.91 Å². The summed E-state index contributed by atoms with van der Waals surface area (Å²) in [5.74, 6) is 0.867. The SMILES string of the molecule is CC(C)CC(CN(C)C)N1CNCC1=O. The zero-order valence-electron chi connectivity index (χ0n) is 10.3. The molecule has 0 bridgehead atoms. The topological polar surface area (TPSA) is 35.6 Å². The monoisotopic (exact) mass is 213 g/mol. The molecule has 1 unspecified atom stereocenters. The van der Waals surface area contributed by atoms with Gasteiger partial charge in [0.1, 0.15) is 0 Å². The molecule has 0 radical (unpaired) electrons. The Hall–Kier alpha value is -0.610. The van der Waals surface area contributed by atoms with E-state index in [-0.39, 0.29) is 5.91 Å². The van der Waals surface area contributed by atoms with Crippen molar-refractivity contribution in [3.63, 3.8) is 0 Å². The quantitative estimate of drug-likeness (QED) is 0.716. The second-order valence-corrected chi connectivity index (χ2v) is 4.99. The number of amides is 1. The van der Waals surface area contributed by atoms with Gasteiger partial charge in [0.25, 0.3) is 0 Å². The summed E-state index contributed by atoms with van der Waals surface area (Å²) in [5, 5.41) is 3.11. The van der Waals surface area contributed by atoms with Gasteiger partial charge in [-0.2, -0.15) is 0 Å². The van der Waals surface area contributed by atoms with Crippen molar-refractivity contribution in [3.8, 4) is 0 Å². The number of carbonyl (C=O) groups excluding carboxylic acids is 1. The number of nitrogens with zero attached hydrogens (tertiary/aromatic N) is 2. The van der Waals surface area contributed by atoms with Crippen molar-refractivity contribution < 1.29 is 4.79 Å². The first kappa shape index (κ1) is 12.5. The average Bonchev–Trinajstić information content (AvgIpc) is 2.48. The van der Waals surface area contributed by atoms with Gasteiger partial charge in [-0.05, 0) is 26.4 Å². The molecule has 1 heterocycles. The van der Waals surface area contributed by atoms with Gasteiger partial charge in [0, 0.05) is 12.6 Å². The Bertz CT molecular complexity index is 206. The van der Waals surface area contributed by atoms with Crippen LogP contribution in [0.25, 0.3) is 0 Å². The maximum absolute atomic E-state index is 11.6. The number of nitrogens with one attached hydrogen (secondary N) is 1. The van der Waals surface area contributed by atoms with Crippen LogP contribution < -0.4 is 5.32 Å². The average molecular weight is 213 g/mol. The fraction of sp³-hybridized carbons (Fsp3) is 0.909. The highest BCUT2D eigenvalue weighted by atomic mass is 16.2. The molecule has 0 spiro atoms. The van der Waals surface area contributed by atoms with E-state index in [0.29, 0.717) is 25.2 Å². The number of carbonyl (C=O) groups is 1. The van der Waals surface area contributed by atoms with Gasteiger partial charge in [0.05, 0.1) is 13.2 Å². The first-order valence-corrected chi connectivity index (χ1v) is 5.65. The van der Waals surface area contributed by atoms with Crippen molar-refractivity contribution in [2.24, 2.45) is 5.92 Å². The van der Waals surface area contributed by atoms with Crippen LogP contribution in [0.1, 0.15) is 20.3 Å². The van der Waals surface area contributed by atoms with E-state index in [9.17, 15) is 4.79 Å². The molecule has 0 aromatic heterocycles. The molecule has 1 saturated heterocycles. The summed E-state index contributed by atoms with van der Waals surface area (Å²) in [7, 11) is 4.11. The molecule has 1 aliphatic rings. The Labute approximate surface area is 92.6 Å². The third-order valence-corrected chi connectivity index (χ3v) is 2.64. The Morgan fingerprint density at radius 3 is 2.53 bits per heavy atom. The highest BCUT2D eigenvalue weighted by molar-refractivity contribution is 5.80. The molecular formula is C11H23N3O. The third kappa shape index (κ3) is 3.80. The molecule has 0 saturated carbocycles. The minimum absolute atomic E-state index is 0.238. The lowest BCUT2D eigenvalue weighted by Crippen LogP contribution is -2.44. The molecule has 15 heavy (non-hydrogen) atoms. The molecule has 88 valence electrons. The van der Waals surface area contributed by atoms with Crippen LogP contribution in [0.5, 0.6) is 0 Å². The molecule has 4 heteroatoms.